The van der Waals surface area contributed by atoms with Crippen LogP contribution in [0.1, 0.15) is 43.3 Å². The van der Waals surface area contributed by atoms with Gasteiger partial charge in [0.1, 0.15) is 0 Å². The largest absolute Gasteiger partial charge is 0.420 e. The third-order valence-corrected chi connectivity index (χ3v) is 6.08. The van der Waals surface area contributed by atoms with Gasteiger partial charge in [0.25, 0.3) is 0 Å². The number of benzene rings is 1. The molecule has 2 fully saturated rings. The van der Waals surface area contributed by atoms with Gasteiger partial charge >= 0.3 is 5.76 Å². The van der Waals surface area contributed by atoms with E-state index in [0.29, 0.717) is 23.1 Å². The van der Waals surface area contributed by atoms with Crippen LogP contribution in [0.2, 0.25) is 0 Å². The number of oxazole rings is 1. The SMILES string of the molecule is O=c1oc2cc(S(=O)(=O)NC3CC3)ccc2n1Cc1noc(C2CC2)n1. The quantitative estimate of drug-likeness (QED) is 0.689. The van der Waals surface area contributed by atoms with Crippen molar-refractivity contribution in [2.45, 2.75) is 49.1 Å². The molecule has 2 aliphatic rings. The Labute approximate surface area is 148 Å². The maximum Gasteiger partial charge on any atom is 0.420 e. The van der Waals surface area contributed by atoms with E-state index in [2.05, 4.69) is 14.9 Å². The van der Waals surface area contributed by atoms with Crippen molar-refractivity contribution in [3.8, 4) is 0 Å². The predicted octanol–water partition coefficient (Wildman–Crippen LogP) is 1.34. The lowest BCUT2D eigenvalue weighted by atomic mass is 10.3. The van der Waals surface area contributed by atoms with Crippen LogP contribution in [0.5, 0.6) is 0 Å². The molecule has 136 valence electrons. The van der Waals surface area contributed by atoms with Crippen LogP contribution in [-0.2, 0) is 16.6 Å². The first kappa shape index (κ1) is 15.8. The molecule has 9 nitrogen and oxygen atoms in total. The molecule has 0 saturated heterocycles. The van der Waals surface area contributed by atoms with Crippen LogP contribution >= 0.6 is 0 Å². The Kier molecular flexibility index (Phi) is 3.35. The number of sulfonamides is 1. The Morgan fingerprint density at radius 3 is 2.77 bits per heavy atom. The van der Waals surface area contributed by atoms with E-state index in [4.69, 9.17) is 8.94 Å². The first-order valence-corrected chi connectivity index (χ1v) is 9.96. The van der Waals surface area contributed by atoms with Crippen molar-refractivity contribution in [1.29, 1.82) is 0 Å². The molecule has 26 heavy (non-hydrogen) atoms. The molecule has 0 aliphatic heterocycles. The van der Waals surface area contributed by atoms with E-state index in [0.717, 1.165) is 25.7 Å². The van der Waals surface area contributed by atoms with Crippen LogP contribution in [0, 0.1) is 0 Å². The maximum absolute atomic E-state index is 12.3. The Morgan fingerprint density at radius 1 is 1.23 bits per heavy atom. The summed E-state index contributed by atoms with van der Waals surface area (Å²) in [6, 6.07) is 4.39. The van der Waals surface area contributed by atoms with Gasteiger partial charge < -0.3 is 8.94 Å². The molecule has 2 heterocycles. The normalized spacial score (nSPS) is 17.8. The van der Waals surface area contributed by atoms with Gasteiger partial charge in [-0.25, -0.2) is 17.9 Å². The molecule has 0 unspecified atom stereocenters. The second-order valence-electron chi connectivity index (χ2n) is 6.80. The molecule has 10 heteroatoms. The average molecular weight is 376 g/mol. The Balaban J connectivity index is 1.48. The summed E-state index contributed by atoms with van der Waals surface area (Å²) < 4.78 is 39.0. The second kappa shape index (κ2) is 5.52. The molecule has 0 spiro atoms. The minimum atomic E-state index is -3.61. The lowest BCUT2D eigenvalue weighted by molar-refractivity contribution is 0.372. The lowest BCUT2D eigenvalue weighted by Gasteiger charge is -2.05. The van der Waals surface area contributed by atoms with E-state index in [-0.39, 0.29) is 23.1 Å². The first-order valence-electron chi connectivity index (χ1n) is 8.48. The average Bonchev–Trinajstić information content (AvgIpc) is 3.53. The van der Waals surface area contributed by atoms with Crippen molar-refractivity contribution in [3.63, 3.8) is 0 Å². The van der Waals surface area contributed by atoms with E-state index in [9.17, 15) is 13.2 Å². The highest BCUT2D eigenvalue weighted by Gasteiger charge is 2.30. The van der Waals surface area contributed by atoms with Crippen molar-refractivity contribution >= 4 is 21.1 Å². The van der Waals surface area contributed by atoms with Gasteiger partial charge in [0.05, 0.1) is 17.0 Å². The van der Waals surface area contributed by atoms with E-state index in [1.807, 2.05) is 0 Å². The second-order valence-corrected chi connectivity index (χ2v) is 8.52. The van der Waals surface area contributed by atoms with Gasteiger partial charge in [0, 0.05) is 18.0 Å². The molecule has 2 saturated carbocycles. The number of fused-ring (bicyclic) bond motifs is 1. The van der Waals surface area contributed by atoms with Crippen molar-refractivity contribution in [1.82, 2.24) is 19.4 Å². The fourth-order valence-electron chi connectivity index (χ4n) is 2.82. The number of aromatic nitrogens is 3. The van der Waals surface area contributed by atoms with Crippen molar-refractivity contribution in [2.24, 2.45) is 0 Å². The molecular formula is C16H16N4O5S. The maximum atomic E-state index is 12.3. The third kappa shape index (κ3) is 2.84. The van der Waals surface area contributed by atoms with Crippen LogP contribution in [0.25, 0.3) is 11.1 Å². The van der Waals surface area contributed by atoms with Gasteiger partial charge in [-0.3, -0.25) is 4.57 Å². The number of nitrogens with one attached hydrogen (secondary N) is 1. The number of rotatable bonds is 6. The fourth-order valence-corrected chi connectivity index (χ4v) is 4.14. The molecule has 2 aromatic heterocycles. The van der Waals surface area contributed by atoms with E-state index >= 15 is 0 Å². The summed E-state index contributed by atoms with van der Waals surface area (Å²) in [5, 5.41) is 3.90. The summed E-state index contributed by atoms with van der Waals surface area (Å²) >= 11 is 0. The Morgan fingerprint density at radius 2 is 2.04 bits per heavy atom. The van der Waals surface area contributed by atoms with Gasteiger partial charge in [0.15, 0.2) is 11.4 Å². The van der Waals surface area contributed by atoms with Crippen molar-refractivity contribution < 1.29 is 17.4 Å². The summed E-state index contributed by atoms with van der Waals surface area (Å²) in [6.07, 6.45) is 3.78. The summed E-state index contributed by atoms with van der Waals surface area (Å²) in [6.45, 7) is 0.106. The monoisotopic (exact) mass is 376 g/mol. The molecule has 3 aromatic rings. The Bertz CT molecular complexity index is 1150. The zero-order chi connectivity index (χ0) is 17.9. The highest BCUT2D eigenvalue weighted by molar-refractivity contribution is 7.89. The number of hydrogen-bond donors (Lipinski definition) is 1. The van der Waals surface area contributed by atoms with Crippen LogP contribution in [0.4, 0.5) is 0 Å². The Hall–Kier alpha value is -2.46. The van der Waals surface area contributed by atoms with Gasteiger partial charge in [-0.2, -0.15) is 4.98 Å². The molecule has 1 aromatic carbocycles. The predicted molar refractivity (Wildman–Crippen MR) is 89.2 cm³/mol. The third-order valence-electron chi connectivity index (χ3n) is 4.56. The van der Waals surface area contributed by atoms with Gasteiger partial charge in [-0.05, 0) is 37.8 Å². The summed E-state index contributed by atoms with van der Waals surface area (Å²) in [7, 11) is -3.61. The molecule has 0 atom stereocenters. The standard InChI is InChI=1S/C16H16N4O5S/c21-16-20(8-14-17-15(25-18-14)9-1-2-9)12-6-5-11(7-13(12)24-16)26(22,23)19-10-3-4-10/h5-7,9-10,19H,1-4,8H2. The molecule has 0 bridgehead atoms. The molecule has 0 radical (unpaired) electrons. The van der Waals surface area contributed by atoms with Gasteiger partial charge in [0.2, 0.25) is 15.9 Å². The molecule has 1 N–H and O–H groups in total. The van der Waals surface area contributed by atoms with Crippen LogP contribution in [0.15, 0.2) is 36.8 Å². The minimum Gasteiger partial charge on any atom is -0.408 e. The summed E-state index contributed by atoms with van der Waals surface area (Å²) in [5.74, 6) is 0.729. The summed E-state index contributed by atoms with van der Waals surface area (Å²) in [4.78, 5) is 16.6. The highest BCUT2D eigenvalue weighted by atomic mass is 32.2. The fraction of sp³-hybridized carbons (Fsp3) is 0.438. The molecule has 0 amide bonds. The van der Waals surface area contributed by atoms with Crippen molar-refractivity contribution in [3.05, 3.63) is 40.5 Å². The molecular weight excluding hydrogens is 360 g/mol. The smallest absolute Gasteiger partial charge is 0.408 e. The number of hydrogen-bond acceptors (Lipinski definition) is 7. The van der Waals surface area contributed by atoms with Crippen molar-refractivity contribution in [2.75, 3.05) is 0 Å². The zero-order valence-corrected chi connectivity index (χ0v) is 14.5. The van der Waals surface area contributed by atoms with Gasteiger partial charge in [-0.1, -0.05) is 5.16 Å². The molecule has 2 aliphatic carbocycles. The number of nitrogens with zero attached hydrogens (tertiary/aromatic N) is 3. The van der Waals surface area contributed by atoms with Crippen LogP contribution in [-0.4, -0.2) is 29.2 Å². The van der Waals surface area contributed by atoms with E-state index in [1.165, 1.54) is 16.7 Å². The topological polar surface area (TPSA) is 120 Å². The zero-order valence-electron chi connectivity index (χ0n) is 13.7. The van der Waals surface area contributed by atoms with Gasteiger partial charge in [-0.15, -0.1) is 0 Å². The van der Waals surface area contributed by atoms with E-state index in [1.54, 1.807) is 6.07 Å². The minimum absolute atomic E-state index is 0.00575. The lowest BCUT2D eigenvalue weighted by Crippen LogP contribution is -2.25. The van der Waals surface area contributed by atoms with E-state index < -0.39 is 15.8 Å². The van der Waals surface area contributed by atoms with Crippen LogP contribution in [0.3, 0.4) is 0 Å². The summed E-state index contributed by atoms with van der Waals surface area (Å²) in [5.41, 5.74) is 0.692. The highest BCUT2D eigenvalue weighted by Crippen LogP contribution is 2.38. The molecule has 5 rings (SSSR count). The van der Waals surface area contributed by atoms with Crippen LogP contribution < -0.4 is 10.5 Å². The first-order chi connectivity index (χ1) is 12.5.